The number of rotatable bonds is 14. The first-order chi connectivity index (χ1) is 22.0. The molecule has 0 saturated heterocycles. The second kappa shape index (κ2) is 15.8. The fraction of sp³-hybridized carbons (Fsp3) is 0.278. The van der Waals surface area contributed by atoms with Gasteiger partial charge in [-0.2, -0.15) is 0 Å². The summed E-state index contributed by atoms with van der Waals surface area (Å²) in [6.07, 6.45) is 2.15. The highest BCUT2D eigenvalue weighted by molar-refractivity contribution is 7.98. The van der Waals surface area contributed by atoms with Gasteiger partial charge in [-0.05, 0) is 86.7 Å². The number of sulfonamides is 1. The van der Waals surface area contributed by atoms with Crippen molar-refractivity contribution in [3.05, 3.63) is 120 Å². The van der Waals surface area contributed by atoms with Crippen LogP contribution in [0.4, 0.5) is 5.69 Å². The molecule has 0 bridgehead atoms. The predicted octanol–water partition coefficient (Wildman–Crippen LogP) is 6.09. The van der Waals surface area contributed by atoms with Crippen molar-refractivity contribution in [2.24, 2.45) is 0 Å². The number of carbonyl (C=O) groups is 2. The summed E-state index contributed by atoms with van der Waals surface area (Å²) in [5.41, 5.74) is 2.90. The number of hydrogen-bond acceptors (Lipinski definition) is 6. The summed E-state index contributed by atoms with van der Waals surface area (Å²) in [6.45, 7) is 5.18. The third kappa shape index (κ3) is 8.92. The Morgan fingerprint density at radius 2 is 1.52 bits per heavy atom. The van der Waals surface area contributed by atoms with E-state index < -0.39 is 28.5 Å². The number of hydrogen-bond donors (Lipinski definition) is 1. The van der Waals surface area contributed by atoms with Crippen molar-refractivity contribution in [2.45, 2.75) is 55.6 Å². The molecule has 1 atom stereocenters. The molecule has 4 aromatic rings. The van der Waals surface area contributed by atoms with Crippen LogP contribution in [0.1, 0.15) is 30.5 Å². The van der Waals surface area contributed by atoms with Crippen LogP contribution in [0.3, 0.4) is 0 Å². The lowest BCUT2D eigenvalue weighted by atomic mass is 10.0. The first kappa shape index (κ1) is 34.6. The molecule has 0 fully saturated rings. The van der Waals surface area contributed by atoms with Crippen molar-refractivity contribution in [3.8, 4) is 5.75 Å². The van der Waals surface area contributed by atoms with Crippen LogP contribution in [0.2, 0.25) is 0 Å². The van der Waals surface area contributed by atoms with Crippen LogP contribution in [-0.4, -0.2) is 57.1 Å². The van der Waals surface area contributed by atoms with Crippen LogP contribution in [0.5, 0.6) is 5.75 Å². The van der Waals surface area contributed by atoms with Gasteiger partial charge >= 0.3 is 0 Å². The Morgan fingerprint density at radius 1 is 0.870 bits per heavy atom. The zero-order valence-corrected chi connectivity index (χ0v) is 28.5. The third-order valence-electron chi connectivity index (χ3n) is 7.44. The number of methoxy groups -OCH3 is 1. The van der Waals surface area contributed by atoms with Gasteiger partial charge in [-0.25, -0.2) is 8.42 Å². The Labute approximate surface area is 276 Å². The summed E-state index contributed by atoms with van der Waals surface area (Å²) in [5, 5.41) is 2.97. The molecule has 0 aliphatic carbocycles. The summed E-state index contributed by atoms with van der Waals surface area (Å²) >= 11 is 1.51. The van der Waals surface area contributed by atoms with Gasteiger partial charge in [0, 0.05) is 23.9 Å². The van der Waals surface area contributed by atoms with E-state index in [2.05, 4.69) is 5.32 Å². The fourth-order valence-corrected chi connectivity index (χ4v) is 6.84. The smallest absolute Gasteiger partial charge is 0.264 e. The number of ether oxygens (including phenoxy) is 1. The maximum Gasteiger partial charge on any atom is 0.264 e. The van der Waals surface area contributed by atoms with Crippen LogP contribution in [0.25, 0.3) is 0 Å². The van der Waals surface area contributed by atoms with E-state index in [0.29, 0.717) is 11.4 Å². The molecular formula is C36H41N3O5S2. The molecule has 1 N–H and O–H groups in total. The molecular weight excluding hydrogens is 619 g/mol. The fourth-order valence-electron chi connectivity index (χ4n) is 5.02. The number of carbonyl (C=O) groups excluding carboxylic acids is 2. The second-order valence-corrected chi connectivity index (χ2v) is 14.0. The Bertz CT molecular complexity index is 1710. The summed E-state index contributed by atoms with van der Waals surface area (Å²) in [4.78, 5) is 30.8. The first-order valence-corrected chi connectivity index (χ1v) is 17.7. The highest BCUT2D eigenvalue weighted by Gasteiger charge is 2.35. The zero-order chi connectivity index (χ0) is 33.3. The molecule has 1 unspecified atom stereocenters. The minimum atomic E-state index is -4.17. The molecule has 8 nitrogen and oxygen atoms in total. The minimum Gasteiger partial charge on any atom is -0.497 e. The quantitative estimate of drug-likeness (QED) is 0.165. The van der Waals surface area contributed by atoms with Gasteiger partial charge in [0.1, 0.15) is 18.3 Å². The van der Waals surface area contributed by atoms with E-state index in [1.54, 1.807) is 61.7 Å². The van der Waals surface area contributed by atoms with Gasteiger partial charge in [0.25, 0.3) is 10.0 Å². The van der Waals surface area contributed by atoms with E-state index in [-0.39, 0.29) is 29.8 Å². The molecule has 0 heterocycles. The number of thioether (sulfide) groups is 1. The number of anilines is 1. The van der Waals surface area contributed by atoms with Crippen molar-refractivity contribution < 1.29 is 22.7 Å². The topological polar surface area (TPSA) is 96.0 Å². The molecule has 0 aromatic heterocycles. The summed E-state index contributed by atoms with van der Waals surface area (Å²) in [6, 6.07) is 29.2. The Balaban J connectivity index is 1.81. The highest BCUT2D eigenvalue weighted by Crippen LogP contribution is 2.27. The number of benzene rings is 4. The van der Waals surface area contributed by atoms with Gasteiger partial charge < -0.3 is 15.0 Å². The molecule has 0 radical (unpaired) electrons. The molecule has 0 saturated carbocycles. The number of nitrogens with one attached hydrogen (secondary N) is 1. The molecule has 4 aromatic carbocycles. The average molecular weight is 660 g/mol. The highest BCUT2D eigenvalue weighted by atomic mass is 32.2. The van der Waals surface area contributed by atoms with Crippen LogP contribution in [0, 0.1) is 6.92 Å². The lowest BCUT2D eigenvalue weighted by molar-refractivity contribution is -0.140. The minimum absolute atomic E-state index is 0.0588. The SMILES string of the molecule is COc1cccc(CN(C(=O)CN(c2ccc(C)cc2)S(=O)(=O)c2ccc(SC)cc2)C(Cc2ccccc2)C(=O)NC(C)C)c1. The van der Waals surface area contributed by atoms with E-state index in [9.17, 15) is 18.0 Å². The van der Waals surface area contributed by atoms with Crippen LogP contribution >= 0.6 is 11.8 Å². The summed E-state index contributed by atoms with van der Waals surface area (Å²) in [5.74, 6) is -0.242. The molecule has 0 aliphatic rings. The summed E-state index contributed by atoms with van der Waals surface area (Å²) in [7, 11) is -2.61. The van der Waals surface area contributed by atoms with Gasteiger partial charge in [0.2, 0.25) is 11.8 Å². The Kier molecular flexibility index (Phi) is 11.9. The van der Waals surface area contributed by atoms with Gasteiger partial charge in [0.15, 0.2) is 0 Å². The van der Waals surface area contributed by atoms with E-state index in [1.807, 2.05) is 75.6 Å². The predicted molar refractivity (Wildman–Crippen MR) is 185 cm³/mol. The number of nitrogens with zero attached hydrogens (tertiary/aromatic N) is 2. The van der Waals surface area contributed by atoms with Crippen molar-refractivity contribution in [1.29, 1.82) is 0 Å². The van der Waals surface area contributed by atoms with Crippen LogP contribution in [-0.2, 0) is 32.6 Å². The first-order valence-electron chi connectivity index (χ1n) is 15.0. The lowest BCUT2D eigenvalue weighted by Gasteiger charge is -2.34. The Hall–Kier alpha value is -4.28. The van der Waals surface area contributed by atoms with Gasteiger partial charge in [-0.3, -0.25) is 13.9 Å². The maximum absolute atomic E-state index is 14.6. The molecule has 0 spiro atoms. The van der Waals surface area contributed by atoms with Crippen LogP contribution < -0.4 is 14.4 Å². The molecule has 0 aliphatic heterocycles. The molecule has 46 heavy (non-hydrogen) atoms. The van der Waals surface area contributed by atoms with E-state index >= 15 is 0 Å². The third-order valence-corrected chi connectivity index (χ3v) is 9.97. The normalized spacial score (nSPS) is 12.0. The van der Waals surface area contributed by atoms with E-state index in [0.717, 1.165) is 25.9 Å². The molecule has 10 heteroatoms. The number of amides is 2. The van der Waals surface area contributed by atoms with Gasteiger partial charge in [-0.15, -0.1) is 11.8 Å². The van der Waals surface area contributed by atoms with E-state index in [4.69, 9.17) is 4.74 Å². The second-order valence-electron chi connectivity index (χ2n) is 11.3. The standard InChI is InChI=1S/C36H41N3O5S2/c1-26(2)37-36(41)34(23-28-10-7-6-8-11-28)38(24-29-12-9-13-31(22-29)44-4)35(40)25-39(30-16-14-27(3)15-17-30)46(42,43)33-20-18-32(45-5)19-21-33/h6-22,26,34H,23-25H2,1-5H3,(H,37,41). The largest absolute Gasteiger partial charge is 0.497 e. The van der Waals surface area contributed by atoms with Crippen LogP contribution in [0.15, 0.2) is 113 Å². The van der Waals surface area contributed by atoms with Crippen molar-refractivity contribution >= 4 is 39.3 Å². The lowest BCUT2D eigenvalue weighted by Crippen LogP contribution is -2.54. The number of aryl methyl sites for hydroxylation is 1. The maximum atomic E-state index is 14.6. The van der Waals surface area contributed by atoms with Gasteiger partial charge in [-0.1, -0.05) is 60.2 Å². The molecule has 4 rings (SSSR count). The molecule has 2 amide bonds. The van der Waals surface area contributed by atoms with Crippen molar-refractivity contribution in [3.63, 3.8) is 0 Å². The zero-order valence-electron chi connectivity index (χ0n) is 26.8. The monoisotopic (exact) mass is 659 g/mol. The van der Waals surface area contributed by atoms with Crippen molar-refractivity contribution in [1.82, 2.24) is 10.2 Å². The van der Waals surface area contributed by atoms with Crippen molar-refractivity contribution in [2.75, 3.05) is 24.2 Å². The summed E-state index contributed by atoms with van der Waals surface area (Å²) < 4.78 is 35.0. The molecule has 242 valence electrons. The van der Waals surface area contributed by atoms with E-state index in [1.165, 1.54) is 16.7 Å². The average Bonchev–Trinajstić information content (AvgIpc) is 3.05. The Morgan fingerprint density at radius 3 is 2.13 bits per heavy atom. The van der Waals surface area contributed by atoms with Gasteiger partial charge in [0.05, 0.1) is 17.7 Å².